The molecule has 0 unspecified atom stereocenters. The Labute approximate surface area is 65.2 Å². The minimum atomic E-state index is 0.625. The summed E-state index contributed by atoms with van der Waals surface area (Å²) in [4.78, 5) is 4.05. The molecule has 1 rings (SSSR count). The summed E-state index contributed by atoms with van der Waals surface area (Å²) in [7, 11) is 1.78. The summed E-state index contributed by atoms with van der Waals surface area (Å²) in [6.45, 7) is 1.87. The van der Waals surface area contributed by atoms with Crippen molar-refractivity contribution in [2.24, 2.45) is 5.11 Å². The number of aromatic nitrogens is 1. The Kier molecular flexibility index (Phi) is 2.15. The van der Waals surface area contributed by atoms with Crippen LogP contribution >= 0.6 is 0 Å². The Morgan fingerprint density at radius 1 is 1.64 bits per heavy atom. The van der Waals surface area contributed by atoms with Gasteiger partial charge in [0.05, 0.1) is 11.9 Å². The number of hydrogen-bond donors (Lipinski definition) is 2. The van der Waals surface area contributed by atoms with Crippen LogP contribution in [-0.4, -0.2) is 12.0 Å². The second-order valence-corrected chi connectivity index (χ2v) is 2.20. The molecule has 1 aromatic rings. The highest BCUT2D eigenvalue weighted by atomic mass is 15.0. The van der Waals surface area contributed by atoms with E-state index in [2.05, 4.69) is 15.4 Å². The summed E-state index contributed by atoms with van der Waals surface area (Å²) in [6.07, 6.45) is 1.67. The van der Waals surface area contributed by atoms with Gasteiger partial charge in [-0.25, -0.2) is 5.53 Å². The van der Waals surface area contributed by atoms with Crippen molar-refractivity contribution in [2.45, 2.75) is 6.92 Å². The SMILES string of the molecule is CNc1cnc(C)cc1N=N. The van der Waals surface area contributed by atoms with Crippen LogP contribution in [0.2, 0.25) is 0 Å². The maximum Gasteiger partial charge on any atom is 0.111 e. The van der Waals surface area contributed by atoms with E-state index in [1.807, 2.05) is 6.92 Å². The van der Waals surface area contributed by atoms with Crippen LogP contribution in [-0.2, 0) is 0 Å². The van der Waals surface area contributed by atoms with Crippen LogP contribution in [0.5, 0.6) is 0 Å². The van der Waals surface area contributed by atoms with E-state index in [0.717, 1.165) is 11.4 Å². The lowest BCUT2D eigenvalue weighted by Gasteiger charge is -2.02. The number of nitrogens with one attached hydrogen (secondary N) is 2. The van der Waals surface area contributed by atoms with Gasteiger partial charge in [0.1, 0.15) is 5.69 Å². The third-order valence-electron chi connectivity index (χ3n) is 1.41. The number of aryl methyl sites for hydroxylation is 1. The van der Waals surface area contributed by atoms with E-state index in [0.29, 0.717) is 5.69 Å². The molecule has 0 aromatic carbocycles. The molecule has 0 fully saturated rings. The fourth-order valence-electron chi connectivity index (χ4n) is 0.831. The van der Waals surface area contributed by atoms with E-state index in [1.54, 1.807) is 19.3 Å². The maximum atomic E-state index is 6.84. The first kappa shape index (κ1) is 7.65. The molecule has 0 atom stereocenters. The molecule has 0 radical (unpaired) electrons. The Morgan fingerprint density at radius 2 is 2.36 bits per heavy atom. The number of pyridine rings is 1. The summed E-state index contributed by atoms with van der Waals surface area (Å²) < 4.78 is 0. The minimum absolute atomic E-state index is 0.625. The molecule has 0 saturated carbocycles. The van der Waals surface area contributed by atoms with Crippen LogP contribution in [0.1, 0.15) is 5.69 Å². The maximum absolute atomic E-state index is 6.84. The Bertz CT molecular complexity index is 269. The molecule has 11 heavy (non-hydrogen) atoms. The van der Waals surface area contributed by atoms with Gasteiger partial charge >= 0.3 is 0 Å². The smallest absolute Gasteiger partial charge is 0.111 e. The molecule has 4 heteroatoms. The van der Waals surface area contributed by atoms with Crippen molar-refractivity contribution in [3.05, 3.63) is 18.0 Å². The van der Waals surface area contributed by atoms with Gasteiger partial charge in [0.15, 0.2) is 0 Å². The van der Waals surface area contributed by atoms with Gasteiger partial charge in [-0.2, -0.15) is 5.11 Å². The van der Waals surface area contributed by atoms with Gasteiger partial charge < -0.3 is 5.32 Å². The lowest BCUT2D eigenvalue weighted by molar-refractivity contribution is 1.11. The monoisotopic (exact) mass is 150 g/mol. The molecule has 0 aliphatic rings. The molecule has 1 aromatic heterocycles. The van der Waals surface area contributed by atoms with Crippen LogP contribution in [0, 0.1) is 12.5 Å². The number of nitrogens with zero attached hydrogens (tertiary/aromatic N) is 2. The average molecular weight is 150 g/mol. The summed E-state index contributed by atoms with van der Waals surface area (Å²) in [6, 6.07) is 1.76. The Balaban J connectivity index is 3.16. The van der Waals surface area contributed by atoms with Crippen molar-refractivity contribution < 1.29 is 0 Å². The predicted octanol–water partition coefficient (Wildman–Crippen LogP) is 2.09. The zero-order valence-electron chi connectivity index (χ0n) is 6.55. The predicted molar refractivity (Wildman–Crippen MR) is 43.3 cm³/mol. The third kappa shape index (κ3) is 1.52. The van der Waals surface area contributed by atoms with Gasteiger partial charge in [-0.3, -0.25) is 4.98 Å². The molecule has 0 amide bonds. The fourth-order valence-corrected chi connectivity index (χ4v) is 0.831. The van der Waals surface area contributed by atoms with Gasteiger partial charge in [0.25, 0.3) is 0 Å². The fraction of sp³-hybridized carbons (Fsp3) is 0.286. The van der Waals surface area contributed by atoms with Gasteiger partial charge in [-0.05, 0) is 13.0 Å². The van der Waals surface area contributed by atoms with Crippen molar-refractivity contribution in [3.8, 4) is 0 Å². The Morgan fingerprint density at radius 3 is 2.91 bits per heavy atom. The van der Waals surface area contributed by atoms with E-state index in [-0.39, 0.29) is 0 Å². The highest BCUT2D eigenvalue weighted by molar-refractivity contribution is 5.63. The molecule has 0 bridgehead atoms. The molecule has 1 heterocycles. The van der Waals surface area contributed by atoms with Crippen LogP contribution < -0.4 is 5.32 Å². The van der Waals surface area contributed by atoms with Crippen LogP contribution in [0.4, 0.5) is 11.4 Å². The molecule has 0 aliphatic carbocycles. The van der Waals surface area contributed by atoms with Crippen molar-refractivity contribution in [3.63, 3.8) is 0 Å². The Hall–Kier alpha value is -1.45. The number of hydrogen-bond acceptors (Lipinski definition) is 4. The first-order chi connectivity index (χ1) is 5.27. The second kappa shape index (κ2) is 3.09. The molecular formula is C7H10N4. The third-order valence-corrected chi connectivity index (χ3v) is 1.41. The second-order valence-electron chi connectivity index (χ2n) is 2.20. The summed E-state index contributed by atoms with van der Waals surface area (Å²) >= 11 is 0. The normalized spacial score (nSPS) is 9.27. The number of anilines is 1. The zero-order valence-corrected chi connectivity index (χ0v) is 6.55. The summed E-state index contributed by atoms with van der Waals surface area (Å²) in [5.41, 5.74) is 9.12. The summed E-state index contributed by atoms with van der Waals surface area (Å²) in [5, 5.41) is 6.25. The molecule has 4 nitrogen and oxygen atoms in total. The first-order valence-corrected chi connectivity index (χ1v) is 3.30. The topological polar surface area (TPSA) is 61.1 Å². The average Bonchev–Trinajstić information content (AvgIpc) is 2.04. The lowest BCUT2D eigenvalue weighted by Crippen LogP contribution is -1.90. The van der Waals surface area contributed by atoms with E-state index in [9.17, 15) is 0 Å². The van der Waals surface area contributed by atoms with E-state index in [1.165, 1.54) is 0 Å². The van der Waals surface area contributed by atoms with E-state index in [4.69, 9.17) is 5.53 Å². The standard InChI is InChI=1S/C7H10N4/c1-5-3-6(11-8)7(9-2)4-10-5/h3-4,8-9H,1-2H3. The van der Waals surface area contributed by atoms with Gasteiger partial charge in [0.2, 0.25) is 0 Å². The van der Waals surface area contributed by atoms with Crippen LogP contribution in [0.15, 0.2) is 17.4 Å². The van der Waals surface area contributed by atoms with Crippen molar-refractivity contribution in [2.75, 3.05) is 12.4 Å². The molecule has 0 saturated heterocycles. The van der Waals surface area contributed by atoms with Crippen LogP contribution in [0.25, 0.3) is 0 Å². The lowest BCUT2D eigenvalue weighted by atomic mass is 10.3. The molecule has 0 aliphatic heterocycles. The molecule has 2 N–H and O–H groups in total. The largest absolute Gasteiger partial charge is 0.385 e. The van der Waals surface area contributed by atoms with Crippen molar-refractivity contribution in [1.29, 1.82) is 5.53 Å². The zero-order chi connectivity index (χ0) is 8.27. The van der Waals surface area contributed by atoms with Gasteiger partial charge in [-0.15, -0.1) is 0 Å². The van der Waals surface area contributed by atoms with E-state index < -0.39 is 0 Å². The van der Waals surface area contributed by atoms with Gasteiger partial charge in [-0.1, -0.05) is 0 Å². The van der Waals surface area contributed by atoms with Gasteiger partial charge in [0, 0.05) is 12.7 Å². The molecule has 0 spiro atoms. The minimum Gasteiger partial charge on any atom is -0.385 e. The summed E-state index contributed by atoms with van der Waals surface area (Å²) in [5.74, 6) is 0. The molecule has 58 valence electrons. The number of rotatable bonds is 2. The van der Waals surface area contributed by atoms with Crippen molar-refractivity contribution in [1.82, 2.24) is 4.98 Å². The molecular weight excluding hydrogens is 140 g/mol. The quantitative estimate of drug-likeness (QED) is 0.634. The van der Waals surface area contributed by atoms with E-state index >= 15 is 0 Å². The van der Waals surface area contributed by atoms with Crippen molar-refractivity contribution >= 4 is 11.4 Å². The van der Waals surface area contributed by atoms with Crippen LogP contribution in [0.3, 0.4) is 0 Å². The highest BCUT2D eigenvalue weighted by Crippen LogP contribution is 2.23. The first-order valence-electron chi connectivity index (χ1n) is 3.30. The highest BCUT2D eigenvalue weighted by Gasteiger charge is 1.98.